The summed E-state index contributed by atoms with van der Waals surface area (Å²) >= 11 is 0. The molecule has 1 rings (SSSR count). The average Bonchev–Trinajstić information content (AvgIpc) is 2.36. The number of rotatable bonds is 7. The van der Waals surface area contributed by atoms with E-state index in [-0.39, 0.29) is 5.91 Å². The number of benzene rings is 1. The topological polar surface area (TPSA) is 64.3 Å². The van der Waals surface area contributed by atoms with Crippen molar-refractivity contribution in [2.45, 2.75) is 19.4 Å². The van der Waals surface area contributed by atoms with Gasteiger partial charge >= 0.3 is 0 Å². The van der Waals surface area contributed by atoms with Crippen LogP contribution in [0.15, 0.2) is 24.3 Å². The van der Waals surface area contributed by atoms with Crippen LogP contribution in [0.1, 0.15) is 28.8 Å². The Balaban J connectivity index is 2.40. The van der Waals surface area contributed by atoms with Gasteiger partial charge in [0.05, 0.1) is 6.61 Å². The van der Waals surface area contributed by atoms with Gasteiger partial charge in [0.25, 0.3) is 5.91 Å². The summed E-state index contributed by atoms with van der Waals surface area (Å²) in [6.45, 7) is 1.91. The molecular formula is C13H20N2O2. The largest absolute Gasteiger partial charge is 0.380 e. The molecule has 17 heavy (non-hydrogen) atoms. The Bertz CT molecular complexity index is 336. The summed E-state index contributed by atoms with van der Waals surface area (Å²) in [5, 5.41) is 2.86. The maximum Gasteiger partial charge on any atom is 0.251 e. The summed E-state index contributed by atoms with van der Waals surface area (Å²) < 4.78 is 5.01. The smallest absolute Gasteiger partial charge is 0.251 e. The highest BCUT2D eigenvalue weighted by Gasteiger charge is 2.03. The molecule has 4 heteroatoms. The molecule has 4 nitrogen and oxygen atoms in total. The highest BCUT2D eigenvalue weighted by molar-refractivity contribution is 5.94. The third-order valence-electron chi connectivity index (χ3n) is 2.44. The summed E-state index contributed by atoms with van der Waals surface area (Å²) in [7, 11) is 1.65. The number of hydrogen-bond donors (Lipinski definition) is 2. The zero-order chi connectivity index (χ0) is 12.5. The van der Waals surface area contributed by atoms with E-state index in [1.165, 1.54) is 0 Å². The normalized spacial score (nSPS) is 10.2. The maximum absolute atomic E-state index is 11.7. The predicted octanol–water partition coefficient (Wildman–Crippen LogP) is 1.30. The number of unbranched alkanes of at least 4 members (excludes halogenated alkanes) is 1. The van der Waals surface area contributed by atoms with Gasteiger partial charge in [0.15, 0.2) is 0 Å². The minimum absolute atomic E-state index is 0.0361. The Morgan fingerprint density at radius 3 is 2.59 bits per heavy atom. The van der Waals surface area contributed by atoms with Crippen LogP contribution in [0.25, 0.3) is 0 Å². The number of ether oxygens (including phenoxy) is 1. The molecule has 0 saturated carbocycles. The molecule has 0 aliphatic heterocycles. The summed E-state index contributed by atoms with van der Waals surface area (Å²) in [5.41, 5.74) is 7.12. The fraction of sp³-hybridized carbons (Fsp3) is 0.462. The average molecular weight is 236 g/mol. The molecule has 0 radical (unpaired) electrons. The van der Waals surface area contributed by atoms with Crippen LogP contribution >= 0.6 is 0 Å². The second-order valence-corrected chi connectivity index (χ2v) is 3.88. The van der Waals surface area contributed by atoms with E-state index in [0.29, 0.717) is 25.3 Å². The molecule has 1 aromatic carbocycles. The number of amides is 1. The second-order valence-electron chi connectivity index (χ2n) is 3.88. The first kappa shape index (κ1) is 13.7. The first-order valence-corrected chi connectivity index (χ1v) is 5.84. The van der Waals surface area contributed by atoms with Crippen LogP contribution in [0.5, 0.6) is 0 Å². The zero-order valence-corrected chi connectivity index (χ0v) is 10.2. The number of carbonyl (C=O) groups excluding carboxylic acids is 1. The van der Waals surface area contributed by atoms with Crippen molar-refractivity contribution in [1.82, 2.24) is 5.32 Å². The van der Waals surface area contributed by atoms with Crippen LogP contribution in [-0.2, 0) is 11.3 Å². The molecular weight excluding hydrogens is 216 g/mol. The van der Waals surface area contributed by atoms with E-state index in [0.717, 1.165) is 18.4 Å². The Labute approximate surface area is 102 Å². The van der Waals surface area contributed by atoms with Gasteiger partial charge in [0.2, 0.25) is 0 Å². The van der Waals surface area contributed by atoms with Gasteiger partial charge in [-0.25, -0.2) is 0 Å². The van der Waals surface area contributed by atoms with Crippen LogP contribution in [0.4, 0.5) is 0 Å². The van der Waals surface area contributed by atoms with Crippen LogP contribution < -0.4 is 11.1 Å². The zero-order valence-electron chi connectivity index (χ0n) is 10.2. The molecule has 0 unspecified atom stereocenters. The van der Waals surface area contributed by atoms with E-state index < -0.39 is 0 Å². The molecule has 1 amide bonds. The Hall–Kier alpha value is -1.39. The highest BCUT2D eigenvalue weighted by atomic mass is 16.5. The van der Waals surface area contributed by atoms with Crippen molar-refractivity contribution in [3.63, 3.8) is 0 Å². The van der Waals surface area contributed by atoms with Crippen molar-refractivity contribution in [2.24, 2.45) is 5.73 Å². The van der Waals surface area contributed by atoms with E-state index in [9.17, 15) is 4.79 Å². The molecule has 0 bridgehead atoms. The molecule has 0 heterocycles. The van der Waals surface area contributed by atoms with Crippen molar-refractivity contribution in [3.8, 4) is 0 Å². The van der Waals surface area contributed by atoms with Gasteiger partial charge in [0, 0.05) is 19.2 Å². The van der Waals surface area contributed by atoms with Crippen molar-refractivity contribution >= 4 is 5.91 Å². The molecule has 0 fully saturated rings. The summed E-state index contributed by atoms with van der Waals surface area (Å²) in [4.78, 5) is 11.7. The fourth-order valence-electron chi connectivity index (χ4n) is 1.49. The van der Waals surface area contributed by atoms with E-state index in [1.807, 2.05) is 24.3 Å². The molecule has 3 N–H and O–H groups in total. The van der Waals surface area contributed by atoms with Crippen LogP contribution in [0, 0.1) is 0 Å². The van der Waals surface area contributed by atoms with Gasteiger partial charge in [-0.1, -0.05) is 12.1 Å². The highest BCUT2D eigenvalue weighted by Crippen LogP contribution is 2.05. The third kappa shape index (κ3) is 4.97. The lowest BCUT2D eigenvalue weighted by molar-refractivity contribution is 0.0953. The molecule has 1 aromatic rings. The number of nitrogens with two attached hydrogens (primary N) is 1. The number of methoxy groups -OCH3 is 1. The summed E-state index contributed by atoms with van der Waals surface area (Å²) in [5.74, 6) is -0.0361. The Morgan fingerprint density at radius 1 is 1.29 bits per heavy atom. The number of carbonyl (C=O) groups is 1. The van der Waals surface area contributed by atoms with E-state index >= 15 is 0 Å². The molecule has 94 valence electrons. The molecule has 0 aromatic heterocycles. The van der Waals surface area contributed by atoms with Crippen LogP contribution in [-0.4, -0.2) is 26.1 Å². The number of nitrogens with one attached hydrogen (secondary N) is 1. The lowest BCUT2D eigenvalue weighted by atomic mass is 10.1. The van der Waals surface area contributed by atoms with Crippen molar-refractivity contribution in [2.75, 3.05) is 20.2 Å². The summed E-state index contributed by atoms with van der Waals surface area (Å²) in [6.07, 6.45) is 1.86. The standard InChI is InChI=1S/C13H20N2O2/c1-17-10-11-4-6-12(7-5-11)13(16)15-9-3-2-8-14/h4-7H,2-3,8-10,14H2,1H3,(H,15,16). The SMILES string of the molecule is COCc1ccc(C(=O)NCCCCN)cc1. The van der Waals surface area contributed by atoms with Gasteiger partial charge in [-0.15, -0.1) is 0 Å². The van der Waals surface area contributed by atoms with Crippen molar-refractivity contribution in [1.29, 1.82) is 0 Å². The van der Waals surface area contributed by atoms with Gasteiger partial charge in [-0.05, 0) is 37.1 Å². The van der Waals surface area contributed by atoms with Crippen molar-refractivity contribution < 1.29 is 9.53 Å². The van der Waals surface area contributed by atoms with E-state index in [2.05, 4.69) is 5.32 Å². The third-order valence-corrected chi connectivity index (χ3v) is 2.44. The first-order valence-electron chi connectivity index (χ1n) is 5.84. The molecule has 0 spiro atoms. The monoisotopic (exact) mass is 236 g/mol. The fourth-order valence-corrected chi connectivity index (χ4v) is 1.49. The lowest BCUT2D eigenvalue weighted by Gasteiger charge is -2.05. The van der Waals surface area contributed by atoms with Gasteiger partial charge in [-0.2, -0.15) is 0 Å². The quantitative estimate of drug-likeness (QED) is 0.701. The minimum atomic E-state index is -0.0361. The van der Waals surface area contributed by atoms with E-state index in [1.54, 1.807) is 7.11 Å². The van der Waals surface area contributed by atoms with Crippen LogP contribution in [0.3, 0.4) is 0 Å². The Morgan fingerprint density at radius 2 is 2.00 bits per heavy atom. The maximum atomic E-state index is 11.7. The minimum Gasteiger partial charge on any atom is -0.380 e. The van der Waals surface area contributed by atoms with Gasteiger partial charge in [0.1, 0.15) is 0 Å². The van der Waals surface area contributed by atoms with Gasteiger partial charge < -0.3 is 15.8 Å². The molecule has 0 aliphatic carbocycles. The molecule has 0 saturated heterocycles. The lowest BCUT2D eigenvalue weighted by Crippen LogP contribution is -2.24. The second kappa shape index (κ2) is 7.81. The van der Waals surface area contributed by atoms with Crippen LogP contribution in [0.2, 0.25) is 0 Å². The van der Waals surface area contributed by atoms with Crippen molar-refractivity contribution in [3.05, 3.63) is 35.4 Å². The van der Waals surface area contributed by atoms with Gasteiger partial charge in [-0.3, -0.25) is 4.79 Å². The number of hydrogen-bond acceptors (Lipinski definition) is 3. The summed E-state index contributed by atoms with van der Waals surface area (Å²) in [6, 6.07) is 7.43. The molecule has 0 aliphatic rings. The molecule has 0 atom stereocenters. The first-order chi connectivity index (χ1) is 8.27. The Kier molecular flexibility index (Phi) is 6.29. The van der Waals surface area contributed by atoms with E-state index in [4.69, 9.17) is 10.5 Å². The predicted molar refractivity (Wildman–Crippen MR) is 67.8 cm³/mol.